The molecule has 0 saturated carbocycles. The maximum absolute atomic E-state index is 13.1. The molecule has 1 atom stereocenters. The maximum Gasteiger partial charge on any atom is 0.277 e. The van der Waals surface area contributed by atoms with Crippen molar-refractivity contribution >= 4 is 27.7 Å². The van der Waals surface area contributed by atoms with Gasteiger partial charge in [-0.05, 0) is 37.1 Å². The number of hydrogen-bond donors (Lipinski definition) is 2. The van der Waals surface area contributed by atoms with E-state index in [1.165, 1.54) is 4.90 Å². The summed E-state index contributed by atoms with van der Waals surface area (Å²) in [7, 11) is 0. The van der Waals surface area contributed by atoms with Crippen molar-refractivity contribution in [3.8, 4) is 0 Å². The van der Waals surface area contributed by atoms with Crippen LogP contribution in [0.4, 0.5) is 8.78 Å². The van der Waals surface area contributed by atoms with Crippen LogP contribution in [0.1, 0.15) is 23.2 Å². The molecule has 8 heteroatoms. The first-order chi connectivity index (χ1) is 10.8. The molecule has 1 fully saturated rings. The molecule has 2 rings (SSSR count). The van der Waals surface area contributed by atoms with Crippen molar-refractivity contribution in [1.82, 2.24) is 10.2 Å². The van der Waals surface area contributed by atoms with E-state index in [9.17, 15) is 18.4 Å². The molecule has 0 aliphatic carbocycles. The number of nitrogens with two attached hydrogens (primary N) is 1. The number of likely N-dealkylation sites (tertiary alicyclic amines) is 1. The minimum absolute atomic E-state index is 0.277. The lowest BCUT2D eigenvalue weighted by atomic mass is 10.1. The van der Waals surface area contributed by atoms with Crippen molar-refractivity contribution in [3.63, 3.8) is 0 Å². The summed E-state index contributed by atoms with van der Waals surface area (Å²) in [6, 6.07) is 6.06. The van der Waals surface area contributed by atoms with Gasteiger partial charge in [-0.2, -0.15) is 0 Å². The second-order valence-electron chi connectivity index (χ2n) is 5.44. The Morgan fingerprint density at radius 2 is 2.00 bits per heavy atom. The van der Waals surface area contributed by atoms with Gasteiger partial charge >= 0.3 is 0 Å². The Morgan fingerprint density at radius 3 is 2.61 bits per heavy atom. The zero-order valence-electron chi connectivity index (χ0n) is 12.4. The molecule has 3 N–H and O–H groups in total. The summed E-state index contributed by atoms with van der Waals surface area (Å²) in [4.78, 5) is 26.0. The van der Waals surface area contributed by atoms with Crippen LogP contribution >= 0.6 is 15.9 Å². The molecule has 5 nitrogen and oxygen atoms in total. The highest BCUT2D eigenvalue weighted by atomic mass is 79.9. The van der Waals surface area contributed by atoms with Crippen molar-refractivity contribution in [3.05, 3.63) is 34.3 Å². The van der Waals surface area contributed by atoms with Crippen molar-refractivity contribution in [2.75, 3.05) is 19.6 Å². The zero-order valence-corrected chi connectivity index (χ0v) is 14.0. The molecule has 1 aromatic carbocycles. The Labute approximate surface area is 141 Å². The van der Waals surface area contributed by atoms with E-state index >= 15 is 0 Å². The highest BCUT2D eigenvalue weighted by Gasteiger charge is 2.36. The summed E-state index contributed by atoms with van der Waals surface area (Å²) in [6.07, 6.45) is 1.12. The van der Waals surface area contributed by atoms with Crippen molar-refractivity contribution in [1.29, 1.82) is 0 Å². The number of nitrogens with zero attached hydrogens (tertiary/aromatic N) is 1. The predicted molar refractivity (Wildman–Crippen MR) is 85.2 cm³/mol. The summed E-state index contributed by atoms with van der Waals surface area (Å²) in [6.45, 7) is -1.22. The second kappa shape index (κ2) is 7.35. The lowest BCUT2D eigenvalue weighted by Crippen LogP contribution is -2.49. The van der Waals surface area contributed by atoms with Gasteiger partial charge in [0.25, 0.3) is 11.8 Å². The van der Waals surface area contributed by atoms with Crippen molar-refractivity contribution in [2.24, 2.45) is 5.73 Å². The molecule has 23 heavy (non-hydrogen) atoms. The molecule has 0 bridgehead atoms. The molecule has 1 heterocycles. The molecular formula is C15H18BrF2N3O2. The van der Waals surface area contributed by atoms with E-state index in [2.05, 4.69) is 21.2 Å². The van der Waals surface area contributed by atoms with Crippen LogP contribution < -0.4 is 11.1 Å². The number of halogens is 3. The molecule has 1 saturated heterocycles. The van der Waals surface area contributed by atoms with E-state index in [-0.39, 0.29) is 5.91 Å². The SMILES string of the molecule is NCC(F)(F)CNC(=O)C1CCCN1C(=O)c1ccc(Br)cc1. The van der Waals surface area contributed by atoms with Gasteiger partial charge in [-0.25, -0.2) is 8.78 Å². The molecule has 1 aliphatic heterocycles. The van der Waals surface area contributed by atoms with Gasteiger partial charge in [0.2, 0.25) is 5.91 Å². The monoisotopic (exact) mass is 389 g/mol. The Morgan fingerprint density at radius 1 is 1.35 bits per heavy atom. The third-order valence-electron chi connectivity index (χ3n) is 3.73. The van der Waals surface area contributed by atoms with Gasteiger partial charge in [0, 0.05) is 16.6 Å². The Bertz CT molecular complexity index is 581. The molecule has 0 radical (unpaired) electrons. The van der Waals surface area contributed by atoms with Gasteiger partial charge in [-0.3, -0.25) is 9.59 Å². The number of alkyl halides is 2. The molecule has 0 aromatic heterocycles. The van der Waals surface area contributed by atoms with Crippen LogP contribution in [-0.2, 0) is 4.79 Å². The summed E-state index contributed by atoms with van der Waals surface area (Å²) in [5.74, 6) is -3.99. The number of nitrogens with one attached hydrogen (secondary N) is 1. The highest BCUT2D eigenvalue weighted by Crippen LogP contribution is 2.21. The number of amides is 2. The summed E-state index contributed by atoms with van der Waals surface area (Å²) in [5, 5.41) is 2.19. The Kier molecular flexibility index (Phi) is 5.69. The fourth-order valence-corrected chi connectivity index (χ4v) is 2.71. The molecular weight excluding hydrogens is 372 g/mol. The summed E-state index contributed by atoms with van der Waals surface area (Å²) >= 11 is 3.29. The van der Waals surface area contributed by atoms with Crippen LogP contribution in [0, 0.1) is 0 Å². The number of rotatable bonds is 5. The van der Waals surface area contributed by atoms with E-state index < -0.39 is 31.0 Å². The lowest BCUT2D eigenvalue weighted by molar-refractivity contribution is -0.126. The Balaban J connectivity index is 2.03. The highest BCUT2D eigenvalue weighted by molar-refractivity contribution is 9.10. The largest absolute Gasteiger partial charge is 0.348 e. The number of carbonyl (C=O) groups is 2. The van der Waals surface area contributed by atoms with E-state index in [1.54, 1.807) is 24.3 Å². The van der Waals surface area contributed by atoms with Crippen LogP contribution in [0.2, 0.25) is 0 Å². The maximum atomic E-state index is 13.1. The molecule has 1 unspecified atom stereocenters. The van der Waals surface area contributed by atoms with Crippen LogP contribution in [0.5, 0.6) is 0 Å². The quantitative estimate of drug-likeness (QED) is 0.805. The average molecular weight is 390 g/mol. The lowest BCUT2D eigenvalue weighted by Gasteiger charge is -2.25. The van der Waals surface area contributed by atoms with E-state index in [4.69, 9.17) is 5.73 Å². The third kappa shape index (κ3) is 4.48. The smallest absolute Gasteiger partial charge is 0.277 e. The van der Waals surface area contributed by atoms with Gasteiger partial charge in [0.05, 0.1) is 13.1 Å². The molecule has 0 spiro atoms. The number of carbonyl (C=O) groups excluding carboxylic acids is 2. The molecule has 126 valence electrons. The van der Waals surface area contributed by atoms with Crippen LogP contribution in [0.15, 0.2) is 28.7 Å². The van der Waals surface area contributed by atoms with E-state index in [0.717, 1.165) is 4.47 Å². The summed E-state index contributed by atoms with van der Waals surface area (Å²) < 4.78 is 27.1. The van der Waals surface area contributed by atoms with Crippen LogP contribution in [0.25, 0.3) is 0 Å². The second-order valence-corrected chi connectivity index (χ2v) is 6.36. The summed E-state index contributed by atoms with van der Waals surface area (Å²) in [5.41, 5.74) is 5.40. The van der Waals surface area contributed by atoms with Crippen molar-refractivity contribution in [2.45, 2.75) is 24.8 Å². The number of benzene rings is 1. The zero-order chi connectivity index (χ0) is 17.0. The minimum Gasteiger partial charge on any atom is -0.348 e. The van der Waals surface area contributed by atoms with Gasteiger partial charge in [0.15, 0.2) is 0 Å². The third-order valence-corrected chi connectivity index (χ3v) is 4.26. The predicted octanol–water partition coefficient (Wildman–Crippen LogP) is 1.76. The normalized spacial score (nSPS) is 18.1. The first kappa shape index (κ1) is 17.8. The standard InChI is InChI=1S/C15H18BrF2N3O2/c16-11-5-3-10(4-6-11)14(23)21-7-1-2-12(21)13(22)20-9-15(17,18)8-19/h3-6,12H,1-2,7-9,19H2,(H,20,22). The molecule has 1 aromatic rings. The number of hydrogen-bond acceptors (Lipinski definition) is 3. The van der Waals surface area contributed by atoms with E-state index in [0.29, 0.717) is 24.9 Å². The first-order valence-corrected chi connectivity index (χ1v) is 8.05. The fraction of sp³-hybridized carbons (Fsp3) is 0.467. The van der Waals surface area contributed by atoms with Gasteiger partial charge in [0.1, 0.15) is 6.04 Å². The molecule has 1 aliphatic rings. The van der Waals surface area contributed by atoms with E-state index in [1.807, 2.05) is 0 Å². The van der Waals surface area contributed by atoms with Gasteiger partial charge in [-0.15, -0.1) is 0 Å². The Hall–Kier alpha value is -1.54. The van der Waals surface area contributed by atoms with Crippen LogP contribution in [0.3, 0.4) is 0 Å². The average Bonchev–Trinajstić information content (AvgIpc) is 3.02. The van der Waals surface area contributed by atoms with Gasteiger partial charge in [-0.1, -0.05) is 15.9 Å². The first-order valence-electron chi connectivity index (χ1n) is 7.26. The minimum atomic E-state index is -3.14. The van der Waals surface area contributed by atoms with Gasteiger partial charge < -0.3 is 16.0 Å². The molecule has 2 amide bonds. The van der Waals surface area contributed by atoms with Crippen LogP contribution in [-0.4, -0.2) is 48.3 Å². The fourth-order valence-electron chi connectivity index (χ4n) is 2.45. The van der Waals surface area contributed by atoms with Crippen molar-refractivity contribution < 1.29 is 18.4 Å². The topological polar surface area (TPSA) is 75.4 Å².